The van der Waals surface area contributed by atoms with Crippen molar-refractivity contribution in [2.24, 2.45) is 0 Å². The molecule has 0 amide bonds. The highest BCUT2D eigenvalue weighted by Crippen LogP contribution is 2.35. The molecule has 0 bridgehead atoms. The van der Waals surface area contributed by atoms with E-state index in [9.17, 15) is 0 Å². The van der Waals surface area contributed by atoms with Gasteiger partial charge in [-0.15, -0.1) is 11.3 Å². The summed E-state index contributed by atoms with van der Waals surface area (Å²) in [7, 11) is 0. The largest absolute Gasteiger partial charge is 0.395 e. The Hall–Kier alpha value is -1.82. The van der Waals surface area contributed by atoms with E-state index in [4.69, 9.17) is 14.8 Å². The van der Waals surface area contributed by atoms with Gasteiger partial charge in [-0.05, 0) is 6.92 Å². The van der Waals surface area contributed by atoms with Gasteiger partial charge in [0.15, 0.2) is 0 Å². The first-order valence-electron chi connectivity index (χ1n) is 4.78. The molecule has 0 fully saturated rings. The number of nitrogen functional groups attached to an aromatic ring is 1. The molecule has 3 heterocycles. The molecule has 0 spiro atoms. The average Bonchev–Trinajstić information content (AvgIpc) is 2.93. The third-order valence-electron chi connectivity index (χ3n) is 2.43. The Balaban J connectivity index is 2.07. The van der Waals surface area contributed by atoms with Crippen LogP contribution in [-0.4, -0.2) is 10.3 Å². The second-order valence-corrected chi connectivity index (χ2v) is 4.75. The van der Waals surface area contributed by atoms with Crippen LogP contribution in [0.2, 0.25) is 0 Å². The number of aryl methyl sites for hydroxylation is 1. The maximum Gasteiger partial charge on any atom is 0.201 e. The van der Waals surface area contributed by atoms with Crippen molar-refractivity contribution in [1.82, 2.24) is 10.3 Å². The van der Waals surface area contributed by atoms with Crippen molar-refractivity contribution in [2.75, 3.05) is 5.73 Å². The fourth-order valence-electron chi connectivity index (χ4n) is 1.57. The standard InChI is InChI=1S/C10H9N3O2S/c1-5-8(11)9-10(16-5)7(13-15-9)4-6-2-3-14-12-6/h2-3H,4,11H2,1H3. The predicted octanol–water partition coefficient (Wildman–Crippen LogP) is 2.36. The van der Waals surface area contributed by atoms with E-state index >= 15 is 0 Å². The maximum absolute atomic E-state index is 5.87. The van der Waals surface area contributed by atoms with Gasteiger partial charge in [-0.1, -0.05) is 10.3 Å². The molecule has 82 valence electrons. The van der Waals surface area contributed by atoms with Crippen LogP contribution >= 0.6 is 11.3 Å². The molecular weight excluding hydrogens is 226 g/mol. The Labute approximate surface area is 94.8 Å². The number of thiophene rings is 1. The molecule has 6 heteroatoms. The highest BCUT2D eigenvalue weighted by Gasteiger charge is 2.16. The van der Waals surface area contributed by atoms with Gasteiger partial charge in [0.1, 0.15) is 16.7 Å². The van der Waals surface area contributed by atoms with Crippen molar-refractivity contribution in [3.63, 3.8) is 0 Å². The summed E-state index contributed by atoms with van der Waals surface area (Å²) < 4.78 is 11.0. The molecule has 0 aliphatic rings. The van der Waals surface area contributed by atoms with Crippen LogP contribution in [0.5, 0.6) is 0 Å². The van der Waals surface area contributed by atoms with Crippen molar-refractivity contribution in [1.29, 1.82) is 0 Å². The molecule has 0 radical (unpaired) electrons. The van der Waals surface area contributed by atoms with Gasteiger partial charge in [0.25, 0.3) is 0 Å². The van der Waals surface area contributed by atoms with Crippen LogP contribution in [0.15, 0.2) is 21.4 Å². The lowest BCUT2D eigenvalue weighted by molar-refractivity contribution is 0.411. The number of fused-ring (bicyclic) bond motifs is 1. The minimum atomic E-state index is 0.600. The normalized spacial score (nSPS) is 11.3. The van der Waals surface area contributed by atoms with E-state index in [2.05, 4.69) is 10.3 Å². The van der Waals surface area contributed by atoms with Gasteiger partial charge >= 0.3 is 0 Å². The van der Waals surface area contributed by atoms with Crippen molar-refractivity contribution < 1.29 is 9.05 Å². The average molecular weight is 235 g/mol. The zero-order chi connectivity index (χ0) is 11.1. The third-order valence-corrected chi connectivity index (χ3v) is 3.59. The van der Waals surface area contributed by atoms with Crippen LogP contribution in [0.4, 0.5) is 5.69 Å². The van der Waals surface area contributed by atoms with Gasteiger partial charge in [0, 0.05) is 17.4 Å². The molecule has 0 unspecified atom stereocenters. The number of aromatic nitrogens is 2. The highest BCUT2D eigenvalue weighted by atomic mass is 32.1. The summed E-state index contributed by atoms with van der Waals surface area (Å²) in [5, 5.41) is 7.85. The highest BCUT2D eigenvalue weighted by molar-refractivity contribution is 7.19. The van der Waals surface area contributed by atoms with Crippen LogP contribution in [0, 0.1) is 6.92 Å². The van der Waals surface area contributed by atoms with Gasteiger partial charge in [-0.2, -0.15) is 0 Å². The molecule has 0 saturated carbocycles. The van der Waals surface area contributed by atoms with Crippen molar-refractivity contribution in [3.8, 4) is 0 Å². The van der Waals surface area contributed by atoms with Gasteiger partial charge < -0.3 is 14.8 Å². The molecule has 0 atom stereocenters. The van der Waals surface area contributed by atoms with Crippen LogP contribution in [0.3, 0.4) is 0 Å². The first kappa shape index (κ1) is 9.41. The summed E-state index contributed by atoms with van der Waals surface area (Å²) in [6.45, 7) is 1.97. The molecule has 3 aromatic heterocycles. The zero-order valence-electron chi connectivity index (χ0n) is 8.56. The lowest BCUT2D eigenvalue weighted by Crippen LogP contribution is -1.87. The SMILES string of the molecule is Cc1sc2c(Cc3ccon3)noc2c1N. The summed E-state index contributed by atoms with van der Waals surface area (Å²) >= 11 is 1.59. The molecule has 0 saturated heterocycles. The smallest absolute Gasteiger partial charge is 0.201 e. The Bertz CT molecular complexity index is 624. The Morgan fingerprint density at radius 2 is 2.31 bits per heavy atom. The van der Waals surface area contributed by atoms with Crippen LogP contribution < -0.4 is 5.73 Å². The summed E-state index contributed by atoms with van der Waals surface area (Å²) in [4.78, 5) is 1.05. The van der Waals surface area contributed by atoms with Crippen molar-refractivity contribution >= 4 is 27.3 Å². The quantitative estimate of drug-likeness (QED) is 0.737. The second-order valence-electron chi connectivity index (χ2n) is 3.53. The van der Waals surface area contributed by atoms with Crippen LogP contribution in [0.25, 0.3) is 10.3 Å². The molecule has 5 nitrogen and oxygen atoms in total. The Kier molecular flexibility index (Phi) is 1.97. The molecule has 3 rings (SSSR count). The van der Waals surface area contributed by atoms with E-state index < -0.39 is 0 Å². The van der Waals surface area contributed by atoms with Crippen molar-refractivity contribution in [2.45, 2.75) is 13.3 Å². The Morgan fingerprint density at radius 3 is 3.06 bits per heavy atom. The molecule has 0 aliphatic heterocycles. The topological polar surface area (TPSA) is 78.1 Å². The summed E-state index contributed by atoms with van der Waals surface area (Å²) in [5.74, 6) is 0. The zero-order valence-corrected chi connectivity index (χ0v) is 9.37. The fourth-order valence-corrected chi connectivity index (χ4v) is 2.55. The van der Waals surface area contributed by atoms with E-state index in [0.29, 0.717) is 17.7 Å². The van der Waals surface area contributed by atoms with Crippen LogP contribution in [0.1, 0.15) is 16.3 Å². The van der Waals surface area contributed by atoms with E-state index in [1.54, 1.807) is 17.6 Å². The van der Waals surface area contributed by atoms with Crippen LogP contribution in [-0.2, 0) is 6.42 Å². The van der Waals surface area contributed by atoms with Gasteiger partial charge in [0.2, 0.25) is 5.58 Å². The summed E-state index contributed by atoms with van der Waals surface area (Å²) in [6.07, 6.45) is 2.14. The first-order chi connectivity index (χ1) is 7.75. The second kappa shape index (κ2) is 3.34. The number of nitrogens with zero attached hydrogens (tertiary/aromatic N) is 2. The molecule has 2 N–H and O–H groups in total. The lowest BCUT2D eigenvalue weighted by atomic mass is 10.2. The Morgan fingerprint density at radius 1 is 1.44 bits per heavy atom. The molecule has 16 heavy (non-hydrogen) atoms. The van der Waals surface area contributed by atoms with Gasteiger partial charge in [0.05, 0.1) is 11.4 Å². The number of hydrogen-bond donors (Lipinski definition) is 1. The van der Waals surface area contributed by atoms with Gasteiger partial charge in [-0.3, -0.25) is 0 Å². The van der Waals surface area contributed by atoms with Crippen molar-refractivity contribution in [3.05, 3.63) is 28.6 Å². The predicted molar refractivity (Wildman–Crippen MR) is 60.3 cm³/mol. The number of rotatable bonds is 2. The first-order valence-corrected chi connectivity index (χ1v) is 5.59. The minimum absolute atomic E-state index is 0.600. The molecule has 0 aromatic carbocycles. The number of nitrogens with two attached hydrogens (primary N) is 1. The monoisotopic (exact) mass is 235 g/mol. The summed E-state index contributed by atoms with van der Waals surface area (Å²) in [6, 6.07) is 1.81. The van der Waals surface area contributed by atoms with Gasteiger partial charge in [-0.25, -0.2) is 0 Å². The lowest BCUT2D eigenvalue weighted by Gasteiger charge is -1.88. The molecule has 3 aromatic rings. The number of hydrogen-bond acceptors (Lipinski definition) is 6. The number of anilines is 1. The fraction of sp³-hybridized carbons (Fsp3) is 0.200. The summed E-state index contributed by atoms with van der Waals surface area (Å²) in [5.41, 5.74) is 8.92. The molecular formula is C10H9N3O2S. The molecule has 0 aliphatic carbocycles. The van der Waals surface area contributed by atoms with E-state index in [0.717, 1.165) is 21.0 Å². The van der Waals surface area contributed by atoms with E-state index in [-0.39, 0.29) is 0 Å². The van der Waals surface area contributed by atoms with E-state index in [1.165, 1.54) is 0 Å². The third kappa shape index (κ3) is 1.30. The maximum atomic E-state index is 5.87. The van der Waals surface area contributed by atoms with E-state index in [1.807, 2.05) is 13.0 Å². The minimum Gasteiger partial charge on any atom is -0.395 e.